The van der Waals surface area contributed by atoms with E-state index in [2.05, 4.69) is 5.10 Å². The Morgan fingerprint density at radius 1 is 1.50 bits per heavy atom. The number of aromatic nitrogens is 3. The van der Waals surface area contributed by atoms with Crippen molar-refractivity contribution in [2.24, 2.45) is 20.0 Å². The minimum Gasteiger partial charge on any atom is -0.371 e. The number of aryl methyl sites for hydroxylation is 2. The molecule has 1 fully saturated rings. The first-order chi connectivity index (χ1) is 11.5. The number of rotatable bonds is 4. The van der Waals surface area contributed by atoms with Crippen molar-refractivity contribution in [1.29, 1.82) is 0 Å². The second-order valence-corrected chi connectivity index (χ2v) is 6.81. The van der Waals surface area contributed by atoms with E-state index in [1.54, 1.807) is 15.8 Å². The summed E-state index contributed by atoms with van der Waals surface area (Å²) in [6.07, 6.45) is 5.07. The van der Waals surface area contributed by atoms with Crippen LogP contribution in [0.15, 0.2) is 24.5 Å². The normalized spacial score (nSPS) is 21.0. The maximum absolute atomic E-state index is 13.0. The summed E-state index contributed by atoms with van der Waals surface area (Å²) in [5.41, 5.74) is 1.95. The average Bonchev–Trinajstić information content (AvgIpc) is 3.12. The number of hydrogen-bond donors (Lipinski definition) is 0. The van der Waals surface area contributed by atoms with Gasteiger partial charge in [0.25, 0.3) is 0 Å². The van der Waals surface area contributed by atoms with Crippen LogP contribution in [0, 0.1) is 5.92 Å². The smallest absolute Gasteiger partial charge is 0.228 e. The zero-order chi connectivity index (χ0) is 17.3. The Hall–Kier alpha value is -1.79. The van der Waals surface area contributed by atoms with Crippen LogP contribution in [-0.4, -0.2) is 38.8 Å². The van der Waals surface area contributed by atoms with Crippen LogP contribution in [0.25, 0.3) is 0 Å². The van der Waals surface area contributed by atoms with E-state index in [9.17, 15) is 4.79 Å². The van der Waals surface area contributed by atoms with E-state index in [4.69, 9.17) is 16.3 Å². The zero-order valence-electron chi connectivity index (χ0n) is 14.3. The van der Waals surface area contributed by atoms with Gasteiger partial charge < -0.3 is 14.2 Å². The van der Waals surface area contributed by atoms with Crippen LogP contribution in [0.1, 0.15) is 30.3 Å². The summed E-state index contributed by atoms with van der Waals surface area (Å²) in [4.78, 5) is 14.8. The molecule has 2 aromatic heterocycles. The predicted molar refractivity (Wildman–Crippen MR) is 91.5 cm³/mol. The lowest BCUT2D eigenvalue weighted by Crippen LogP contribution is -2.39. The van der Waals surface area contributed by atoms with Crippen LogP contribution in [0.3, 0.4) is 0 Å². The average molecular weight is 351 g/mol. The highest BCUT2D eigenvalue weighted by atomic mass is 35.5. The molecular formula is C17H23ClN4O2. The second-order valence-electron chi connectivity index (χ2n) is 6.37. The predicted octanol–water partition coefficient (Wildman–Crippen LogP) is 2.54. The number of ether oxygens (including phenoxy) is 1. The molecule has 0 aliphatic carbocycles. The van der Waals surface area contributed by atoms with Gasteiger partial charge >= 0.3 is 0 Å². The fourth-order valence-corrected chi connectivity index (χ4v) is 3.59. The molecule has 1 aliphatic heterocycles. The molecule has 24 heavy (non-hydrogen) atoms. The van der Waals surface area contributed by atoms with Gasteiger partial charge in [-0.3, -0.25) is 9.48 Å². The molecule has 0 bridgehead atoms. The van der Waals surface area contributed by atoms with Crippen LogP contribution >= 0.6 is 11.6 Å². The molecule has 0 unspecified atom stereocenters. The Kier molecular flexibility index (Phi) is 4.96. The van der Waals surface area contributed by atoms with Crippen molar-refractivity contribution in [3.8, 4) is 0 Å². The maximum Gasteiger partial charge on any atom is 0.228 e. The van der Waals surface area contributed by atoms with Gasteiger partial charge in [0.1, 0.15) is 6.10 Å². The van der Waals surface area contributed by atoms with Gasteiger partial charge in [-0.2, -0.15) is 5.10 Å². The van der Waals surface area contributed by atoms with Gasteiger partial charge in [0, 0.05) is 45.8 Å². The van der Waals surface area contributed by atoms with Gasteiger partial charge in [-0.15, -0.1) is 0 Å². The first-order valence-corrected chi connectivity index (χ1v) is 8.50. The first kappa shape index (κ1) is 17.0. The molecule has 3 rings (SSSR count). The van der Waals surface area contributed by atoms with Crippen molar-refractivity contribution >= 4 is 17.5 Å². The largest absolute Gasteiger partial charge is 0.371 e. The van der Waals surface area contributed by atoms with Gasteiger partial charge in [0.2, 0.25) is 5.91 Å². The SMILES string of the molecule is CN(Cc1cc(Cl)cn1C)C(=O)[C@@H]1CCCO[C@H]1c1ccnn1C. The van der Waals surface area contributed by atoms with Crippen molar-refractivity contribution in [3.63, 3.8) is 0 Å². The van der Waals surface area contributed by atoms with Crippen molar-refractivity contribution in [2.45, 2.75) is 25.5 Å². The summed E-state index contributed by atoms with van der Waals surface area (Å²) in [6.45, 7) is 1.20. The van der Waals surface area contributed by atoms with Crippen LogP contribution in [0.2, 0.25) is 5.02 Å². The number of amides is 1. The van der Waals surface area contributed by atoms with Crippen LogP contribution in [-0.2, 0) is 30.2 Å². The molecule has 1 saturated heterocycles. The lowest BCUT2D eigenvalue weighted by molar-refractivity contribution is -0.145. The van der Waals surface area contributed by atoms with Crippen molar-refractivity contribution < 1.29 is 9.53 Å². The molecule has 0 spiro atoms. The second kappa shape index (κ2) is 6.99. The molecule has 1 amide bonds. The van der Waals surface area contributed by atoms with Crippen LogP contribution in [0.5, 0.6) is 0 Å². The summed E-state index contributed by atoms with van der Waals surface area (Å²) >= 11 is 6.03. The van der Waals surface area contributed by atoms with Gasteiger partial charge in [-0.1, -0.05) is 11.6 Å². The molecule has 6 nitrogen and oxygen atoms in total. The summed E-state index contributed by atoms with van der Waals surface area (Å²) in [7, 11) is 5.64. The third-order valence-electron chi connectivity index (χ3n) is 4.64. The maximum atomic E-state index is 13.0. The zero-order valence-corrected chi connectivity index (χ0v) is 15.0. The van der Waals surface area contributed by atoms with Crippen molar-refractivity contribution in [1.82, 2.24) is 19.2 Å². The highest BCUT2D eigenvalue weighted by Crippen LogP contribution is 2.34. The first-order valence-electron chi connectivity index (χ1n) is 8.12. The standard InChI is InChI=1S/C17H23ClN4O2/c1-20-10-12(18)9-13(20)11-21(2)17(23)14-5-4-8-24-16(14)15-6-7-19-22(15)3/h6-7,9-10,14,16H,4-5,8,11H2,1-3H3/t14-,16-/m1/s1. The minimum atomic E-state index is -0.238. The summed E-state index contributed by atoms with van der Waals surface area (Å²) < 4.78 is 9.66. The molecule has 130 valence electrons. The Morgan fingerprint density at radius 2 is 2.29 bits per heavy atom. The highest BCUT2D eigenvalue weighted by molar-refractivity contribution is 6.30. The number of hydrogen-bond acceptors (Lipinski definition) is 3. The topological polar surface area (TPSA) is 52.3 Å². The summed E-state index contributed by atoms with van der Waals surface area (Å²) in [5.74, 6) is -0.0897. The third-order valence-corrected chi connectivity index (χ3v) is 4.85. The molecule has 0 radical (unpaired) electrons. The molecule has 2 atom stereocenters. The monoisotopic (exact) mass is 350 g/mol. The summed E-state index contributed by atoms with van der Waals surface area (Å²) in [5, 5.41) is 4.89. The van der Waals surface area contributed by atoms with E-state index in [0.29, 0.717) is 18.2 Å². The van der Waals surface area contributed by atoms with Crippen molar-refractivity contribution in [3.05, 3.63) is 40.9 Å². The molecule has 7 heteroatoms. The molecule has 0 saturated carbocycles. The van der Waals surface area contributed by atoms with Gasteiger partial charge in [-0.05, 0) is 25.0 Å². The highest BCUT2D eigenvalue weighted by Gasteiger charge is 2.36. The van der Waals surface area contributed by atoms with E-state index in [0.717, 1.165) is 24.2 Å². The molecule has 0 N–H and O–H groups in total. The lowest BCUT2D eigenvalue weighted by Gasteiger charge is -2.33. The van der Waals surface area contributed by atoms with E-state index < -0.39 is 0 Å². The summed E-state index contributed by atoms with van der Waals surface area (Å²) in [6, 6.07) is 3.81. The van der Waals surface area contributed by atoms with E-state index >= 15 is 0 Å². The Balaban J connectivity index is 1.76. The van der Waals surface area contributed by atoms with Crippen LogP contribution < -0.4 is 0 Å². The molecular weight excluding hydrogens is 328 g/mol. The Morgan fingerprint density at radius 3 is 2.92 bits per heavy atom. The minimum absolute atomic E-state index is 0.0956. The molecule has 3 heterocycles. The number of halogens is 1. The third kappa shape index (κ3) is 3.35. The van der Waals surface area contributed by atoms with Crippen molar-refractivity contribution in [2.75, 3.05) is 13.7 Å². The number of carbonyl (C=O) groups is 1. The van der Waals surface area contributed by atoms with Gasteiger partial charge in [0.15, 0.2) is 0 Å². The van der Waals surface area contributed by atoms with Crippen LogP contribution in [0.4, 0.5) is 0 Å². The molecule has 1 aliphatic rings. The fraction of sp³-hybridized carbons (Fsp3) is 0.529. The van der Waals surface area contributed by atoms with E-state index in [1.165, 1.54) is 0 Å². The Bertz CT molecular complexity index is 724. The molecule has 0 aromatic carbocycles. The lowest BCUT2D eigenvalue weighted by atomic mass is 9.90. The number of nitrogens with zero attached hydrogens (tertiary/aromatic N) is 4. The van der Waals surface area contributed by atoms with Gasteiger partial charge in [-0.25, -0.2) is 0 Å². The Labute approximate surface area is 146 Å². The fourth-order valence-electron chi connectivity index (χ4n) is 3.32. The van der Waals surface area contributed by atoms with E-state index in [1.807, 2.05) is 44.0 Å². The van der Waals surface area contributed by atoms with E-state index in [-0.39, 0.29) is 17.9 Å². The number of carbonyl (C=O) groups excluding carboxylic acids is 1. The quantitative estimate of drug-likeness (QED) is 0.851. The van der Waals surface area contributed by atoms with Gasteiger partial charge in [0.05, 0.1) is 23.2 Å². The molecule has 2 aromatic rings.